The summed E-state index contributed by atoms with van der Waals surface area (Å²) in [5.74, 6) is 0. The number of hydrogen-bond acceptors (Lipinski definition) is 0. The maximum absolute atomic E-state index is 2.25. The molecule has 0 saturated carbocycles. The minimum absolute atomic E-state index is 1.40. The minimum Gasteiger partial charge on any atom is -0.0616 e. The van der Waals surface area contributed by atoms with Gasteiger partial charge in [-0.05, 0) is 57.3 Å². The van der Waals surface area contributed by atoms with Crippen molar-refractivity contribution in [3.05, 3.63) is 59.7 Å². The first-order valence-electron chi connectivity index (χ1n) is 6.40. The first-order valence-corrected chi connectivity index (χ1v) is 6.40. The van der Waals surface area contributed by atoms with E-state index in [1.54, 1.807) is 0 Å². The van der Waals surface area contributed by atoms with Crippen LogP contribution in [0.25, 0.3) is 32.3 Å². The lowest BCUT2D eigenvalue weighted by Crippen LogP contribution is -1.67. The van der Waals surface area contributed by atoms with Crippen LogP contribution in [0.2, 0.25) is 0 Å². The molecule has 0 aliphatic rings. The quantitative estimate of drug-likeness (QED) is 0.389. The summed E-state index contributed by atoms with van der Waals surface area (Å²) in [5, 5.41) is 8.47. The van der Waals surface area contributed by atoms with Crippen molar-refractivity contribution >= 4 is 32.3 Å². The minimum atomic E-state index is 1.40. The van der Waals surface area contributed by atoms with E-state index in [0.29, 0.717) is 0 Å². The Balaban J connectivity index is 2.56. The second kappa shape index (κ2) is 3.23. The molecule has 4 aromatic carbocycles. The van der Waals surface area contributed by atoms with E-state index in [1.165, 1.54) is 43.4 Å². The van der Waals surface area contributed by atoms with Crippen LogP contribution in [0.5, 0.6) is 0 Å². The number of rotatable bonds is 0. The number of aryl methyl sites for hydroxylation is 2. The van der Waals surface area contributed by atoms with Crippen LogP contribution in [0.3, 0.4) is 0 Å². The lowest BCUT2D eigenvalue weighted by atomic mass is 10.1. The van der Waals surface area contributed by atoms with E-state index in [-0.39, 0.29) is 0 Å². The summed E-state index contributed by atoms with van der Waals surface area (Å²) >= 11 is 0. The van der Waals surface area contributed by atoms with Gasteiger partial charge in [0.25, 0.3) is 0 Å². The van der Waals surface area contributed by atoms with Gasteiger partial charge in [0.2, 0.25) is 0 Å². The average molecular weight is 230 g/mol. The summed E-state index contributed by atoms with van der Waals surface area (Å²) in [6.07, 6.45) is 0. The standard InChI is InChI=1S/C18H14/c1-11-13-7-3-5-9-15-12(2)16-10-6-4-8-14(11)18(16)17(13)15/h3-10H,1-2H3. The molecule has 0 spiro atoms. The van der Waals surface area contributed by atoms with E-state index >= 15 is 0 Å². The molecule has 0 amide bonds. The Bertz CT molecular complexity index is 743. The highest BCUT2D eigenvalue weighted by atomic mass is 14.2. The van der Waals surface area contributed by atoms with Crippen molar-refractivity contribution in [2.75, 3.05) is 0 Å². The van der Waals surface area contributed by atoms with Crippen LogP contribution in [0.15, 0.2) is 48.5 Å². The molecule has 0 aromatic heterocycles. The molecule has 18 heavy (non-hydrogen) atoms. The van der Waals surface area contributed by atoms with E-state index < -0.39 is 0 Å². The maximum atomic E-state index is 2.25. The lowest BCUT2D eigenvalue weighted by Gasteiger charge is -1.91. The summed E-state index contributed by atoms with van der Waals surface area (Å²) in [4.78, 5) is 0. The van der Waals surface area contributed by atoms with E-state index in [1.807, 2.05) is 0 Å². The van der Waals surface area contributed by atoms with Gasteiger partial charge < -0.3 is 0 Å². The SMILES string of the molecule is Cc1c2ccccc3c(C)c4ccccc1c4c23. The molecular weight excluding hydrogens is 216 g/mol. The molecule has 0 radical (unpaired) electrons. The summed E-state index contributed by atoms with van der Waals surface area (Å²) in [7, 11) is 0. The van der Waals surface area contributed by atoms with Crippen molar-refractivity contribution < 1.29 is 0 Å². The second-order valence-corrected chi connectivity index (χ2v) is 5.09. The van der Waals surface area contributed by atoms with Gasteiger partial charge in [0.15, 0.2) is 0 Å². The van der Waals surface area contributed by atoms with Gasteiger partial charge >= 0.3 is 0 Å². The van der Waals surface area contributed by atoms with Gasteiger partial charge in [-0.2, -0.15) is 0 Å². The predicted molar refractivity (Wildman–Crippen MR) is 79.6 cm³/mol. The zero-order valence-corrected chi connectivity index (χ0v) is 10.6. The van der Waals surface area contributed by atoms with Crippen LogP contribution in [-0.2, 0) is 0 Å². The van der Waals surface area contributed by atoms with Crippen molar-refractivity contribution in [2.45, 2.75) is 13.8 Å². The van der Waals surface area contributed by atoms with Crippen molar-refractivity contribution in [3.8, 4) is 0 Å². The Kier molecular flexibility index (Phi) is 1.78. The molecule has 0 fully saturated rings. The highest BCUT2D eigenvalue weighted by Gasteiger charge is 2.16. The largest absolute Gasteiger partial charge is 0.0616 e. The van der Waals surface area contributed by atoms with E-state index in [0.717, 1.165) is 0 Å². The predicted octanol–water partition coefficient (Wildman–Crippen LogP) is 5.20. The molecule has 0 atom stereocenters. The number of hydrogen-bond donors (Lipinski definition) is 0. The highest BCUT2D eigenvalue weighted by Crippen LogP contribution is 2.42. The molecule has 0 unspecified atom stereocenters. The third-order valence-corrected chi connectivity index (χ3v) is 4.22. The molecule has 0 heterocycles. The van der Waals surface area contributed by atoms with Crippen molar-refractivity contribution in [1.29, 1.82) is 0 Å². The third-order valence-electron chi connectivity index (χ3n) is 4.22. The molecule has 0 bridgehead atoms. The molecule has 0 N–H and O–H groups in total. The molecule has 86 valence electrons. The van der Waals surface area contributed by atoms with Gasteiger partial charge in [-0.15, -0.1) is 0 Å². The lowest BCUT2D eigenvalue weighted by molar-refractivity contribution is 1.62. The van der Waals surface area contributed by atoms with Gasteiger partial charge in [0, 0.05) is 0 Å². The van der Waals surface area contributed by atoms with Gasteiger partial charge in [0.05, 0.1) is 0 Å². The van der Waals surface area contributed by atoms with Crippen LogP contribution in [0.4, 0.5) is 0 Å². The maximum Gasteiger partial charge on any atom is -0.00208 e. The normalized spacial score (nSPS) is 11.9. The monoisotopic (exact) mass is 230 g/mol. The second-order valence-electron chi connectivity index (χ2n) is 5.09. The van der Waals surface area contributed by atoms with Crippen LogP contribution in [0.1, 0.15) is 11.1 Å². The molecule has 4 rings (SSSR count). The molecule has 0 aliphatic carbocycles. The Hall–Kier alpha value is -2.08. The van der Waals surface area contributed by atoms with Crippen LogP contribution in [-0.4, -0.2) is 0 Å². The fraction of sp³-hybridized carbons (Fsp3) is 0.111. The Morgan fingerprint density at radius 2 is 0.778 bits per heavy atom. The Morgan fingerprint density at radius 3 is 1.06 bits per heavy atom. The first kappa shape index (κ1) is 9.90. The fourth-order valence-electron chi connectivity index (χ4n) is 3.31. The first-order chi connectivity index (χ1) is 8.79. The Morgan fingerprint density at radius 1 is 0.500 bits per heavy atom. The molecule has 0 aliphatic heterocycles. The highest BCUT2D eigenvalue weighted by molar-refractivity contribution is 6.31. The fourth-order valence-corrected chi connectivity index (χ4v) is 3.31. The summed E-state index contributed by atoms with van der Waals surface area (Å²) < 4.78 is 0. The molecular formula is C18H14. The van der Waals surface area contributed by atoms with Crippen molar-refractivity contribution in [3.63, 3.8) is 0 Å². The van der Waals surface area contributed by atoms with Crippen LogP contribution >= 0.6 is 0 Å². The third kappa shape index (κ3) is 1.01. The van der Waals surface area contributed by atoms with Crippen molar-refractivity contribution in [1.82, 2.24) is 0 Å². The topological polar surface area (TPSA) is 0 Å². The summed E-state index contributed by atoms with van der Waals surface area (Å²) in [6, 6.07) is 17.6. The van der Waals surface area contributed by atoms with Crippen LogP contribution in [0, 0.1) is 13.8 Å². The summed E-state index contributed by atoms with van der Waals surface area (Å²) in [6.45, 7) is 4.47. The molecule has 0 saturated heterocycles. The average Bonchev–Trinajstić information content (AvgIpc) is 2.68. The van der Waals surface area contributed by atoms with Crippen LogP contribution < -0.4 is 0 Å². The summed E-state index contributed by atoms with van der Waals surface area (Å²) in [5.41, 5.74) is 2.81. The Labute approximate surface area is 106 Å². The molecule has 0 nitrogen and oxygen atoms in total. The smallest absolute Gasteiger partial charge is 0.00208 e. The van der Waals surface area contributed by atoms with Gasteiger partial charge in [-0.25, -0.2) is 0 Å². The van der Waals surface area contributed by atoms with Gasteiger partial charge in [-0.1, -0.05) is 48.5 Å². The van der Waals surface area contributed by atoms with Crippen molar-refractivity contribution in [2.24, 2.45) is 0 Å². The van der Waals surface area contributed by atoms with E-state index in [2.05, 4.69) is 62.4 Å². The molecule has 0 heteroatoms. The van der Waals surface area contributed by atoms with Gasteiger partial charge in [-0.3, -0.25) is 0 Å². The zero-order valence-electron chi connectivity index (χ0n) is 10.6. The zero-order chi connectivity index (χ0) is 12.3. The van der Waals surface area contributed by atoms with Gasteiger partial charge in [0.1, 0.15) is 0 Å². The molecule has 4 aromatic rings. The van der Waals surface area contributed by atoms with E-state index in [4.69, 9.17) is 0 Å². The van der Waals surface area contributed by atoms with E-state index in [9.17, 15) is 0 Å².